The average Bonchev–Trinajstić information content (AvgIpc) is 2.37. The zero-order chi connectivity index (χ0) is 13.5. The Morgan fingerprint density at radius 2 is 1.94 bits per heavy atom. The fourth-order valence-corrected chi connectivity index (χ4v) is 2.98. The molecule has 0 heterocycles. The van der Waals surface area contributed by atoms with Gasteiger partial charge in [0.2, 0.25) is 0 Å². The molecular weight excluding hydrogens is 238 g/mol. The topological polar surface area (TPSA) is 26.0 Å². The fourth-order valence-electron chi connectivity index (χ4n) is 1.79. The van der Waals surface area contributed by atoms with Crippen molar-refractivity contribution in [2.24, 2.45) is 11.7 Å². The summed E-state index contributed by atoms with van der Waals surface area (Å²) in [7, 11) is 0. The third-order valence-corrected chi connectivity index (χ3v) is 4.89. The standard InChI is InChI=1S/C16H27NS/c1-5-12(3)11-18-16-8-7-13(4)9-14(16)10-15(17)6-2/h7-9,12,15H,5-6,10-11,17H2,1-4H3. The number of hydrogen-bond acceptors (Lipinski definition) is 2. The minimum atomic E-state index is 0.287. The van der Waals surface area contributed by atoms with Crippen LogP contribution in [0.1, 0.15) is 44.7 Å². The SMILES string of the molecule is CCC(C)CSc1ccc(C)cc1CC(N)CC. The fraction of sp³-hybridized carbons (Fsp3) is 0.625. The number of aryl methyl sites for hydroxylation is 1. The molecule has 0 saturated carbocycles. The Bertz CT molecular complexity index is 362. The lowest BCUT2D eigenvalue weighted by Crippen LogP contribution is -2.21. The maximum absolute atomic E-state index is 6.10. The van der Waals surface area contributed by atoms with Crippen molar-refractivity contribution in [3.63, 3.8) is 0 Å². The van der Waals surface area contributed by atoms with Crippen LogP contribution in [0.2, 0.25) is 0 Å². The van der Waals surface area contributed by atoms with Crippen LogP contribution in [0.4, 0.5) is 0 Å². The molecular formula is C16H27NS. The van der Waals surface area contributed by atoms with Crippen molar-refractivity contribution in [2.45, 2.75) is 57.9 Å². The summed E-state index contributed by atoms with van der Waals surface area (Å²) < 4.78 is 0. The minimum absolute atomic E-state index is 0.287. The van der Waals surface area contributed by atoms with Gasteiger partial charge in [0.15, 0.2) is 0 Å². The second kappa shape index (κ2) is 7.85. The molecule has 0 aliphatic heterocycles. The van der Waals surface area contributed by atoms with Crippen molar-refractivity contribution in [1.29, 1.82) is 0 Å². The first kappa shape index (κ1) is 15.6. The third kappa shape index (κ3) is 5.03. The molecule has 1 nitrogen and oxygen atoms in total. The molecule has 2 unspecified atom stereocenters. The summed E-state index contributed by atoms with van der Waals surface area (Å²) in [5.41, 5.74) is 8.86. The van der Waals surface area contributed by atoms with Crippen LogP contribution in [-0.2, 0) is 6.42 Å². The van der Waals surface area contributed by atoms with Gasteiger partial charge in [0.1, 0.15) is 0 Å². The summed E-state index contributed by atoms with van der Waals surface area (Å²) in [5.74, 6) is 1.98. The van der Waals surface area contributed by atoms with Gasteiger partial charge in [0, 0.05) is 16.7 Å². The summed E-state index contributed by atoms with van der Waals surface area (Å²) in [6.45, 7) is 8.89. The van der Waals surface area contributed by atoms with Gasteiger partial charge in [-0.05, 0) is 37.3 Å². The number of hydrogen-bond donors (Lipinski definition) is 1. The van der Waals surface area contributed by atoms with E-state index >= 15 is 0 Å². The van der Waals surface area contributed by atoms with Crippen molar-refractivity contribution in [3.05, 3.63) is 29.3 Å². The van der Waals surface area contributed by atoms with Crippen LogP contribution in [0, 0.1) is 12.8 Å². The van der Waals surface area contributed by atoms with Crippen molar-refractivity contribution in [3.8, 4) is 0 Å². The maximum Gasteiger partial charge on any atom is 0.0105 e. The smallest absolute Gasteiger partial charge is 0.0105 e. The molecule has 2 N–H and O–H groups in total. The predicted octanol–water partition coefficient (Wildman–Crippen LogP) is 4.41. The molecule has 0 spiro atoms. The van der Waals surface area contributed by atoms with Crippen LogP contribution >= 0.6 is 11.8 Å². The van der Waals surface area contributed by atoms with E-state index in [1.54, 1.807) is 0 Å². The van der Waals surface area contributed by atoms with Crippen LogP contribution in [0.5, 0.6) is 0 Å². The van der Waals surface area contributed by atoms with Crippen molar-refractivity contribution >= 4 is 11.8 Å². The van der Waals surface area contributed by atoms with Gasteiger partial charge in [-0.3, -0.25) is 0 Å². The molecule has 0 radical (unpaired) electrons. The molecule has 2 heteroatoms. The quantitative estimate of drug-likeness (QED) is 0.739. The van der Waals surface area contributed by atoms with Gasteiger partial charge in [-0.1, -0.05) is 44.9 Å². The third-order valence-electron chi connectivity index (χ3n) is 3.44. The largest absolute Gasteiger partial charge is 0.327 e. The Morgan fingerprint density at radius 1 is 1.22 bits per heavy atom. The lowest BCUT2D eigenvalue weighted by molar-refractivity contribution is 0.633. The van der Waals surface area contributed by atoms with Crippen LogP contribution in [-0.4, -0.2) is 11.8 Å². The average molecular weight is 265 g/mol. The van der Waals surface area contributed by atoms with E-state index in [0.717, 1.165) is 18.8 Å². The highest BCUT2D eigenvalue weighted by molar-refractivity contribution is 7.99. The van der Waals surface area contributed by atoms with Crippen molar-refractivity contribution < 1.29 is 0 Å². The van der Waals surface area contributed by atoms with E-state index in [1.807, 2.05) is 11.8 Å². The first-order valence-corrected chi connectivity index (χ1v) is 8.03. The van der Waals surface area contributed by atoms with E-state index in [-0.39, 0.29) is 6.04 Å². The molecule has 0 fully saturated rings. The summed E-state index contributed by atoms with van der Waals surface area (Å²) >= 11 is 1.99. The molecule has 1 aromatic carbocycles. The Morgan fingerprint density at radius 3 is 2.56 bits per heavy atom. The van der Waals surface area contributed by atoms with Gasteiger partial charge in [-0.15, -0.1) is 11.8 Å². The lowest BCUT2D eigenvalue weighted by atomic mass is 10.0. The van der Waals surface area contributed by atoms with Gasteiger partial charge in [-0.2, -0.15) is 0 Å². The molecule has 1 rings (SSSR count). The first-order chi connectivity index (χ1) is 8.56. The summed E-state index contributed by atoms with van der Waals surface area (Å²) in [6, 6.07) is 7.06. The lowest BCUT2D eigenvalue weighted by Gasteiger charge is -2.15. The van der Waals surface area contributed by atoms with E-state index in [4.69, 9.17) is 5.73 Å². The van der Waals surface area contributed by atoms with Crippen molar-refractivity contribution in [1.82, 2.24) is 0 Å². The minimum Gasteiger partial charge on any atom is -0.327 e. The zero-order valence-electron chi connectivity index (χ0n) is 12.2. The molecule has 0 saturated heterocycles. The van der Waals surface area contributed by atoms with Crippen LogP contribution in [0.25, 0.3) is 0 Å². The Labute approximate surface area is 117 Å². The van der Waals surface area contributed by atoms with Gasteiger partial charge in [0.05, 0.1) is 0 Å². The molecule has 0 amide bonds. The number of benzene rings is 1. The molecule has 0 bridgehead atoms. The second-order valence-corrected chi connectivity index (χ2v) is 6.37. The van der Waals surface area contributed by atoms with E-state index in [1.165, 1.54) is 28.2 Å². The van der Waals surface area contributed by atoms with Gasteiger partial charge >= 0.3 is 0 Å². The number of nitrogens with two attached hydrogens (primary N) is 1. The highest BCUT2D eigenvalue weighted by Gasteiger charge is 2.09. The zero-order valence-corrected chi connectivity index (χ0v) is 13.0. The first-order valence-electron chi connectivity index (χ1n) is 7.04. The second-order valence-electron chi connectivity index (χ2n) is 5.31. The number of thioether (sulfide) groups is 1. The van der Waals surface area contributed by atoms with E-state index in [2.05, 4.69) is 45.9 Å². The van der Waals surface area contributed by atoms with Crippen molar-refractivity contribution in [2.75, 3.05) is 5.75 Å². The summed E-state index contributed by atoms with van der Waals surface area (Å²) in [5, 5.41) is 0. The normalized spacial score (nSPS) is 14.5. The molecule has 1 aromatic rings. The maximum atomic E-state index is 6.10. The highest BCUT2D eigenvalue weighted by atomic mass is 32.2. The van der Waals surface area contributed by atoms with E-state index < -0.39 is 0 Å². The number of rotatable bonds is 7. The molecule has 0 aliphatic carbocycles. The molecule has 2 atom stereocenters. The summed E-state index contributed by atoms with van der Waals surface area (Å²) in [4.78, 5) is 1.42. The highest BCUT2D eigenvalue weighted by Crippen LogP contribution is 2.27. The van der Waals surface area contributed by atoms with E-state index in [0.29, 0.717) is 0 Å². The molecule has 0 aliphatic rings. The van der Waals surface area contributed by atoms with Gasteiger partial charge in [0.25, 0.3) is 0 Å². The summed E-state index contributed by atoms with van der Waals surface area (Å²) in [6.07, 6.45) is 3.30. The molecule has 18 heavy (non-hydrogen) atoms. The van der Waals surface area contributed by atoms with Crippen LogP contribution in [0.3, 0.4) is 0 Å². The van der Waals surface area contributed by atoms with Gasteiger partial charge in [-0.25, -0.2) is 0 Å². The van der Waals surface area contributed by atoms with Crippen LogP contribution < -0.4 is 5.73 Å². The monoisotopic (exact) mass is 265 g/mol. The van der Waals surface area contributed by atoms with E-state index in [9.17, 15) is 0 Å². The Hall–Kier alpha value is -0.470. The molecule has 102 valence electrons. The predicted molar refractivity (Wildman–Crippen MR) is 83.3 cm³/mol. The van der Waals surface area contributed by atoms with Crippen LogP contribution in [0.15, 0.2) is 23.1 Å². The Balaban J connectivity index is 2.76. The Kier molecular flexibility index (Phi) is 6.80. The van der Waals surface area contributed by atoms with Gasteiger partial charge < -0.3 is 5.73 Å². The molecule has 0 aromatic heterocycles.